The molecule has 0 bridgehead atoms. The number of aryl methyl sites for hydroxylation is 2. The molecule has 3 aromatic carbocycles. The van der Waals surface area contributed by atoms with Gasteiger partial charge in [0.2, 0.25) is 0 Å². The van der Waals surface area contributed by atoms with Gasteiger partial charge in [-0.05, 0) is 37.0 Å². The van der Waals surface area contributed by atoms with Crippen molar-refractivity contribution in [2.45, 2.75) is 19.8 Å². The van der Waals surface area contributed by atoms with Crippen LogP contribution in [-0.2, 0) is 16.0 Å². The summed E-state index contributed by atoms with van der Waals surface area (Å²) < 4.78 is 10.8. The second-order valence-corrected chi connectivity index (χ2v) is 8.49. The molecule has 0 atom stereocenters. The van der Waals surface area contributed by atoms with Gasteiger partial charge in [-0.25, -0.2) is 4.90 Å². The lowest BCUT2D eigenvalue weighted by Crippen LogP contribution is -2.37. The maximum absolute atomic E-state index is 14.0. The van der Waals surface area contributed by atoms with Crippen molar-refractivity contribution in [1.82, 2.24) is 0 Å². The topological polar surface area (TPSA) is 59.1 Å². The number of para-hydroxylation sites is 1. The molecular formula is C28H26N2O4. The number of hydrogen-bond acceptors (Lipinski definition) is 5. The third-order valence-electron chi connectivity index (χ3n) is 6.37. The molecule has 0 radical (unpaired) electrons. The summed E-state index contributed by atoms with van der Waals surface area (Å²) in [5.41, 5.74) is 5.17. The van der Waals surface area contributed by atoms with Crippen LogP contribution < -0.4 is 19.3 Å². The largest absolute Gasteiger partial charge is 0.497 e. The van der Waals surface area contributed by atoms with Crippen LogP contribution in [0.2, 0.25) is 0 Å². The van der Waals surface area contributed by atoms with Gasteiger partial charge < -0.3 is 14.4 Å². The zero-order chi connectivity index (χ0) is 23.8. The second-order valence-electron chi connectivity index (χ2n) is 8.49. The molecule has 0 aliphatic carbocycles. The Labute approximate surface area is 199 Å². The van der Waals surface area contributed by atoms with E-state index >= 15 is 0 Å². The lowest BCUT2D eigenvalue weighted by molar-refractivity contribution is -0.120. The number of imide groups is 1. The molecule has 5 rings (SSSR count). The molecule has 3 aromatic rings. The van der Waals surface area contributed by atoms with Crippen LogP contribution >= 0.6 is 0 Å². The number of carbonyl (C=O) groups is 2. The molecule has 2 aliphatic heterocycles. The highest BCUT2D eigenvalue weighted by molar-refractivity contribution is 6.46. The number of ether oxygens (including phenoxy) is 2. The first-order valence-electron chi connectivity index (χ1n) is 11.3. The number of fused-ring (bicyclic) bond motifs is 1. The summed E-state index contributed by atoms with van der Waals surface area (Å²) >= 11 is 0. The molecule has 34 heavy (non-hydrogen) atoms. The van der Waals surface area contributed by atoms with Gasteiger partial charge in [-0.1, -0.05) is 48.0 Å². The van der Waals surface area contributed by atoms with Gasteiger partial charge in [0.15, 0.2) is 0 Å². The minimum Gasteiger partial charge on any atom is -0.497 e. The molecule has 0 unspecified atom stereocenters. The van der Waals surface area contributed by atoms with E-state index in [9.17, 15) is 9.59 Å². The summed E-state index contributed by atoms with van der Waals surface area (Å²) in [6.07, 6.45) is 1.84. The van der Waals surface area contributed by atoms with Crippen LogP contribution in [0.25, 0.3) is 5.57 Å². The number of hydrogen-bond donors (Lipinski definition) is 0. The first kappa shape index (κ1) is 21.8. The van der Waals surface area contributed by atoms with Crippen molar-refractivity contribution in [3.63, 3.8) is 0 Å². The van der Waals surface area contributed by atoms with Gasteiger partial charge >= 0.3 is 0 Å². The zero-order valence-electron chi connectivity index (χ0n) is 19.5. The van der Waals surface area contributed by atoms with E-state index in [-0.39, 0.29) is 11.8 Å². The van der Waals surface area contributed by atoms with Gasteiger partial charge in [0.05, 0.1) is 25.5 Å². The van der Waals surface area contributed by atoms with Crippen molar-refractivity contribution in [1.29, 1.82) is 0 Å². The molecule has 0 N–H and O–H groups in total. The molecule has 6 heteroatoms. The summed E-state index contributed by atoms with van der Waals surface area (Å²) in [5, 5.41) is 0. The van der Waals surface area contributed by atoms with Gasteiger partial charge in [-0.15, -0.1) is 0 Å². The molecule has 0 saturated heterocycles. The lowest BCUT2D eigenvalue weighted by atomic mass is 9.98. The van der Waals surface area contributed by atoms with E-state index in [1.54, 1.807) is 18.2 Å². The molecule has 2 amide bonds. The Morgan fingerprint density at radius 1 is 0.824 bits per heavy atom. The van der Waals surface area contributed by atoms with E-state index in [0.29, 0.717) is 35.0 Å². The normalized spacial score (nSPS) is 15.6. The molecule has 2 heterocycles. The standard InChI is InChI=1S/C28H26N2O4/c1-18-10-12-20(13-11-18)25-26(29-14-6-8-19-7-4-5-9-24(19)29)28(32)30(27(25)31)21-15-22(33-2)17-23(16-21)34-3/h4-5,7,9-13,15-17H,6,8,14H2,1-3H3. The van der Waals surface area contributed by atoms with E-state index in [4.69, 9.17) is 9.47 Å². The fraction of sp³-hybridized carbons (Fsp3) is 0.214. The number of amides is 2. The Kier molecular flexibility index (Phi) is 5.57. The van der Waals surface area contributed by atoms with E-state index in [1.807, 2.05) is 54.3 Å². The van der Waals surface area contributed by atoms with Gasteiger partial charge in [0.1, 0.15) is 17.2 Å². The molecule has 0 fully saturated rings. The predicted octanol–water partition coefficient (Wildman–Crippen LogP) is 4.75. The third kappa shape index (κ3) is 3.61. The van der Waals surface area contributed by atoms with Crippen LogP contribution in [-0.4, -0.2) is 32.6 Å². The van der Waals surface area contributed by atoms with Crippen LogP contribution in [0.1, 0.15) is 23.1 Å². The highest BCUT2D eigenvalue weighted by atomic mass is 16.5. The molecule has 172 valence electrons. The first-order valence-corrected chi connectivity index (χ1v) is 11.3. The van der Waals surface area contributed by atoms with Crippen LogP contribution in [0.15, 0.2) is 72.4 Å². The second kappa shape index (κ2) is 8.71. The van der Waals surface area contributed by atoms with Crippen molar-refractivity contribution >= 4 is 28.8 Å². The lowest BCUT2D eigenvalue weighted by Gasteiger charge is -2.32. The fourth-order valence-corrected chi connectivity index (χ4v) is 4.67. The SMILES string of the molecule is COc1cc(OC)cc(N2C(=O)C(c3ccc(C)cc3)=C(N3CCCc4ccccc43)C2=O)c1. The van der Waals surface area contributed by atoms with Gasteiger partial charge in [0.25, 0.3) is 11.8 Å². The summed E-state index contributed by atoms with van der Waals surface area (Å²) in [7, 11) is 3.08. The Bertz CT molecular complexity index is 1290. The average molecular weight is 455 g/mol. The van der Waals surface area contributed by atoms with Crippen molar-refractivity contribution in [3.8, 4) is 11.5 Å². The number of carbonyl (C=O) groups excluding carboxylic acids is 2. The van der Waals surface area contributed by atoms with Gasteiger partial charge in [-0.3, -0.25) is 9.59 Å². The first-order chi connectivity index (χ1) is 16.5. The third-order valence-corrected chi connectivity index (χ3v) is 6.37. The van der Waals surface area contributed by atoms with E-state index < -0.39 is 0 Å². The van der Waals surface area contributed by atoms with Crippen molar-refractivity contribution in [2.75, 3.05) is 30.6 Å². The number of anilines is 2. The maximum Gasteiger partial charge on any atom is 0.282 e. The highest BCUT2D eigenvalue weighted by Gasteiger charge is 2.43. The summed E-state index contributed by atoms with van der Waals surface area (Å²) in [6.45, 7) is 2.66. The van der Waals surface area contributed by atoms with Crippen LogP contribution in [0.5, 0.6) is 11.5 Å². The quantitative estimate of drug-likeness (QED) is 0.521. The zero-order valence-corrected chi connectivity index (χ0v) is 19.5. The van der Waals surface area contributed by atoms with Crippen LogP contribution in [0, 0.1) is 6.92 Å². The van der Waals surface area contributed by atoms with Gasteiger partial charge in [0, 0.05) is 30.4 Å². The Hall–Kier alpha value is -4.06. The van der Waals surface area contributed by atoms with Crippen molar-refractivity contribution in [2.24, 2.45) is 0 Å². The van der Waals surface area contributed by atoms with E-state index in [2.05, 4.69) is 6.07 Å². The monoisotopic (exact) mass is 454 g/mol. The molecule has 0 aromatic heterocycles. The van der Waals surface area contributed by atoms with E-state index in [0.717, 1.165) is 29.7 Å². The minimum atomic E-state index is -0.359. The molecule has 2 aliphatic rings. The van der Waals surface area contributed by atoms with Crippen molar-refractivity contribution < 1.29 is 19.1 Å². The summed E-state index contributed by atoms with van der Waals surface area (Å²) in [5.74, 6) is 0.294. The Balaban J connectivity index is 1.69. The van der Waals surface area contributed by atoms with Gasteiger partial charge in [-0.2, -0.15) is 0 Å². The average Bonchev–Trinajstić information content (AvgIpc) is 3.13. The summed E-state index contributed by atoms with van der Waals surface area (Å²) in [4.78, 5) is 31.1. The predicted molar refractivity (Wildman–Crippen MR) is 132 cm³/mol. The molecular weight excluding hydrogens is 428 g/mol. The number of rotatable bonds is 5. The smallest absolute Gasteiger partial charge is 0.282 e. The van der Waals surface area contributed by atoms with Crippen molar-refractivity contribution in [3.05, 3.63) is 89.1 Å². The Morgan fingerprint density at radius 2 is 1.50 bits per heavy atom. The highest BCUT2D eigenvalue weighted by Crippen LogP contribution is 2.41. The molecule has 6 nitrogen and oxygen atoms in total. The molecule has 0 spiro atoms. The number of methoxy groups -OCH3 is 2. The van der Waals surface area contributed by atoms with Crippen LogP contribution in [0.3, 0.4) is 0 Å². The summed E-state index contributed by atoms with van der Waals surface area (Å²) in [6, 6.07) is 20.9. The van der Waals surface area contributed by atoms with E-state index in [1.165, 1.54) is 24.7 Å². The Morgan fingerprint density at radius 3 is 2.18 bits per heavy atom. The van der Waals surface area contributed by atoms with Crippen LogP contribution in [0.4, 0.5) is 11.4 Å². The number of benzene rings is 3. The maximum atomic E-state index is 14.0. The fourth-order valence-electron chi connectivity index (χ4n) is 4.67. The number of nitrogens with zero attached hydrogens (tertiary/aromatic N) is 2. The minimum absolute atomic E-state index is 0.354. The molecule has 0 saturated carbocycles.